The second-order valence-corrected chi connectivity index (χ2v) is 4.18. The summed E-state index contributed by atoms with van der Waals surface area (Å²) in [7, 11) is 0. The van der Waals surface area contributed by atoms with E-state index < -0.39 is 24.3 Å². The van der Waals surface area contributed by atoms with E-state index in [-0.39, 0.29) is 6.10 Å². The Hall–Kier alpha value is -1.65. The van der Waals surface area contributed by atoms with Crippen molar-refractivity contribution >= 4 is 5.97 Å². The van der Waals surface area contributed by atoms with Gasteiger partial charge in [-0.15, -0.1) is 0 Å². The maximum absolute atomic E-state index is 11.1. The average molecular weight is 232 g/mol. The molecule has 1 aromatic carbocycles. The quantitative estimate of drug-likeness (QED) is 0.733. The molecule has 2 heterocycles. The largest absolute Gasteiger partial charge is 0.453 e. The Bertz CT molecular complexity index is 454. The van der Waals surface area contributed by atoms with Crippen LogP contribution in [0.2, 0.25) is 0 Å². The van der Waals surface area contributed by atoms with Crippen LogP contribution in [0.5, 0.6) is 0 Å². The molecule has 17 heavy (non-hydrogen) atoms. The fraction of sp³-hybridized carbons (Fsp3) is 0.308. The zero-order valence-corrected chi connectivity index (χ0v) is 9.02. The van der Waals surface area contributed by atoms with Crippen molar-refractivity contribution in [2.45, 2.75) is 24.4 Å². The molecule has 4 heteroatoms. The molecule has 0 bridgehead atoms. The highest BCUT2D eigenvalue weighted by atomic mass is 16.6. The van der Waals surface area contributed by atoms with Crippen molar-refractivity contribution in [2.24, 2.45) is 0 Å². The summed E-state index contributed by atoms with van der Waals surface area (Å²) in [5.41, 5.74) is 0.888. The van der Waals surface area contributed by atoms with Gasteiger partial charge in [-0.2, -0.15) is 0 Å². The van der Waals surface area contributed by atoms with E-state index in [1.54, 1.807) is 6.08 Å². The molecular formula is C13H12O4. The van der Waals surface area contributed by atoms with Crippen LogP contribution in [0.15, 0.2) is 42.5 Å². The molecule has 1 fully saturated rings. The molecule has 1 saturated heterocycles. The van der Waals surface area contributed by atoms with Crippen molar-refractivity contribution in [1.82, 2.24) is 0 Å². The second kappa shape index (κ2) is 3.98. The normalized spacial score (nSPS) is 35.5. The van der Waals surface area contributed by atoms with E-state index in [0.717, 1.165) is 5.56 Å². The SMILES string of the molecule is O=C1C=C[C@H]2O[C@H](c3ccccc3)[C@@H](O)[C@@H]2O1. The molecule has 0 aromatic heterocycles. The van der Waals surface area contributed by atoms with E-state index in [1.165, 1.54) is 6.08 Å². The van der Waals surface area contributed by atoms with E-state index in [1.807, 2.05) is 30.3 Å². The van der Waals surface area contributed by atoms with Crippen LogP contribution in [0.4, 0.5) is 0 Å². The first kappa shape index (κ1) is 10.5. The number of esters is 1. The minimum atomic E-state index is -0.823. The van der Waals surface area contributed by atoms with Crippen LogP contribution < -0.4 is 0 Å². The van der Waals surface area contributed by atoms with Crippen molar-refractivity contribution in [3.63, 3.8) is 0 Å². The van der Waals surface area contributed by atoms with Gasteiger partial charge in [0.15, 0.2) is 6.10 Å². The Morgan fingerprint density at radius 1 is 1.18 bits per heavy atom. The number of aliphatic hydroxyl groups is 1. The summed E-state index contributed by atoms with van der Waals surface area (Å²) in [5.74, 6) is -0.428. The minimum Gasteiger partial charge on any atom is -0.453 e. The van der Waals surface area contributed by atoms with Crippen molar-refractivity contribution in [3.8, 4) is 0 Å². The van der Waals surface area contributed by atoms with E-state index in [4.69, 9.17) is 9.47 Å². The highest BCUT2D eigenvalue weighted by Crippen LogP contribution is 2.36. The lowest BCUT2D eigenvalue weighted by molar-refractivity contribution is -0.150. The number of carbonyl (C=O) groups is 1. The molecule has 0 radical (unpaired) electrons. The summed E-state index contributed by atoms with van der Waals surface area (Å²) in [5, 5.41) is 10.1. The summed E-state index contributed by atoms with van der Waals surface area (Å²) in [6.45, 7) is 0. The van der Waals surface area contributed by atoms with Crippen molar-refractivity contribution in [3.05, 3.63) is 48.0 Å². The number of carbonyl (C=O) groups excluding carboxylic acids is 1. The molecule has 4 atom stereocenters. The van der Waals surface area contributed by atoms with E-state index in [0.29, 0.717) is 0 Å². The van der Waals surface area contributed by atoms with Gasteiger partial charge in [0.25, 0.3) is 0 Å². The lowest BCUT2D eigenvalue weighted by atomic mass is 10.0. The molecule has 0 aliphatic carbocycles. The standard InChI is InChI=1S/C13H12O4/c14-10-7-6-9-13(17-10)11(15)12(16-9)8-4-2-1-3-5-8/h1-7,9,11-13,15H/t9-,11-,12-,13-/m1/s1. The molecule has 2 aliphatic heterocycles. The third-order valence-electron chi connectivity index (χ3n) is 3.08. The first-order chi connectivity index (χ1) is 8.25. The molecule has 1 aromatic rings. The molecule has 0 amide bonds. The number of aliphatic hydroxyl groups excluding tert-OH is 1. The molecular weight excluding hydrogens is 220 g/mol. The predicted molar refractivity (Wildman–Crippen MR) is 59.1 cm³/mol. The molecule has 0 spiro atoms. The molecule has 2 aliphatic rings. The van der Waals surface area contributed by atoms with Gasteiger partial charge < -0.3 is 14.6 Å². The summed E-state index contributed by atoms with van der Waals surface area (Å²) < 4.78 is 10.8. The number of rotatable bonds is 1. The van der Waals surface area contributed by atoms with Crippen LogP contribution in [-0.4, -0.2) is 29.4 Å². The van der Waals surface area contributed by atoms with Gasteiger partial charge in [0, 0.05) is 6.08 Å². The number of hydrogen-bond acceptors (Lipinski definition) is 4. The third-order valence-corrected chi connectivity index (χ3v) is 3.08. The lowest BCUT2D eigenvalue weighted by Crippen LogP contribution is -2.36. The summed E-state index contributed by atoms with van der Waals surface area (Å²) in [4.78, 5) is 11.1. The zero-order valence-electron chi connectivity index (χ0n) is 9.02. The molecule has 0 saturated carbocycles. The topological polar surface area (TPSA) is 55.8 Å². The Morgan fingerprint density at radius 2 is 1.94 bits per heavy atom. The highest BCUT2D eigenvalue weighted by Gasteiger charge is 2.46. The van der Waals surface area contributed by atoms with E-state index in [2.05, 4.69) is 0 Å². The lowest BCUT2D eigenvalue weighted by Gasteiger charge is -2.20. The smallest absolute Gasteiger partial charge is 0.330 e. The van der Waals surface area contributed by atoms with E-state index >= 15 is 0 Å². The highest BCUT2D eigenvalue weighted by molar-refractivity contribution is 5.83. The fourth-order valence-corrected chi connectivity index (χ4v) is 2.25. The van der Waals surface area contributed by atoms with E-state index in [9.17, 15) is 9.90 Å². The van der Waals surface area contributed by atoms with Gasteiger partial charge in [-0.05, 0) is 11.6 Å². The zero-order chi connectivity index (χ0) is 11.8. The summed E-state index contributed by atoms with van der Waals surface area (Å²) in [6, 6.07) is 9.44. The molecule has 3 rings (SSSR count). The number of ether oxygens (including phenoxy) is 2. The van der Waals surface area contributed by atoms with Crippen molar-refractivity contribution < 1.29 is 19.4 Å². The summed E-state index contributed by atoms with van der Waals surface area (Å²) in [6.07, 6.45) is 0.757. The monoisotopic (exact) mass is 232 g/mol. The van der Waals surface area contributed by atoms with Gasteiger partial charge >= 0.3 is 5.97 Å². The minimum absolute atomic E-state index is 0.354. The Balaban J connectivity index is 1.87. The van der Waals surface area contributed by atoms with Crippen LogP contribution in [0.3, 0.4) is 0 Å². The van der Waals surface area contributed by atoms with Gasteiger partial charge in [-0.1, -0.05) is 30.3 Å². The van der Waals surface area contributed by atoms with Crippen LogP contribution in [0.1, 0.15) is 11.7 Å². The molecule has 0 unspecified atom stereocenters. The van der Waals surface area contributed by atoms with Gasteiger partial charge in [-0.3, -0.25) is 0 Å². The Kier molecular flexibility index (Phi) is 2.46. The van der Waals surface area contributed by atoms with Crippen LogP contribution >= 0.6 is 0 Å². The Labute approximate surface area is 98.5 Å². The van der Waals surface area contributed by atoms with Crippen LogP contribution in [-0.2, 0) is 14.3 Å². The fourth-order valence-electron chi connectivity index (χ4n) is 2.25. The molecule has 1 N–H and O–H groups in total. The predicted octanol–water partition coefficient (Wildman–Crippen LogP) is 0.969. The number of fused-ring (bicyclic) bond motifs is 1. The molecule has 88 valence electrons. The molecule has 4 nitrogen and oxygen atoms in total. The average Bonchev–Trinajstić information content (AvgIpc) is 2.68. The maximum atomic E-state index is 11.1. The third kappa shape index (κ3) is 1.75. The first-order valence-corrected chi connectivity index (χ1v) is 5.53. The van der Waals surface area contributed by atoms with Crippen molar-refractivity contribution in [2.75, 3.05) is 0 Å². The van der Waals surface area contributed by atoms with Crippen LogP contribution in [0, 0.1) is 0 Å². The van der Waals surface area contributed by atoms with Crippen LogP contribution in [0.25, 0.3) is 0 Å². The number of hydrogen-bond donors (Lipinski definition) is 1. The number of benzene rings is 1. The van der Waals surface area contributed by atoms with Gasteiger partial charge in [0.1, 0.15) is 18.3 Å². The first-order valence-electron chi connectivity index (χ1n) is 5.53. The van der Waals surface area contributed by atoms with Crippen molar-refractivity contribution in [1.29, 1.82) is 0 Å². The van der Waals surface area contributed by atoms with Gasteiger partial charge in [-0.25, -0.2) is 4.79 Å². The van der Waals surface area contributed by atoms with Gasteiger partial charge in [0.2, 0.25) is 0 Å². The Morgan fingerprint density at radius 3 is 2.71 bits per heavy atom. The maximum Gasteiger partial charge on any atom is 0.330 e. The summed E-state index contributed by atoms with van der Waals surface area (Å²) >= 11 is 0. The second-order valence-electron chi connectivity index (χ2n) is 4.18. The van der Waals surface area contributed by atoms with Gasteiger partial charge in [0.05, 0.1) is 0 Å².